The fourth-order valence-electron chi connectivity index (χ4n) is 3.73. The second-order valence-corrected chi connectivity index (χ2v) is 7.46. The summed E-state index contributed by atoms with van der Waals surface area (Å²) in [4.78, 5) is 14.8. The van der Waals surface area contributed by atoms with Gasteiger partial charge >= 0.3 is 0 Å². The molecule has 2 aromatic heterocycles. The van der Waals surface area contributed by atoms with Gasteiger partial charge in [-0.2, -0.15) is 0 Å². The topological polar surface area (TPSA) is 137 Å². The van der Waals surface area contributed by atoms with Crippen molar-refractivity contribution >= 4 is 17.0 Å². The van der Waals surface area contributed by atoms with Crippen molar-refractivity contribution in [2.75, 3.05) is 18.6 Å². The van der Waals surface area contributed by atoms with Crippen LogP contribution in [0.1, 0.15) is 24.8 Å². The van der Waals surface area contributed by atoms with Gasteiger partial charge in [0.05, 0.1) is 25.1 Å². The van der Waals surface area contributed by atoms with Gasteiger partial charge in [0.25, 0.3) is 0 Å². The van der Waals surface area contributed by atoms with Gasteiger partial charge in [-0.15, -0.1) is 0 Å². The Kier molecular flexibility index (Phi) is 5.67. The van der Waals surface area contributed by atoms with E-state index in [9.17, 15) is 20.4 Å². The number of likely N-dealkylation sites (N-methyl/N-ethyl adjacent to an activating group) is 1. The molecule has 4 rings (SSSR count). The Hall–Kier alpha value is -2.63. The number of aromatic nitrogens is 4. The lowest BCUT2D eigenvalue weighted by molar-refractivity contribution is -0.0511. The zero-order valence-corrected chi connectivity index (χ0v) is 16.6. The third kappa shape index (κ3) is 3.42. The summed E-state index contributed by atoms with van der Waals surface area (Å²) >= 11 is 0. The van der Waals surface area contributed by atoms with E-state index < -0.39 is 37.3 Å². The molecular formula is C20H25N5O5. The summed E-state index contributed by atoms with van der Waals surface area (Å²) in [5, 5.41) is 40.5. The molecule has 0 spiro atoms. The van der Waals surface area contributed by atoms with Crippen LogP contribution in [0.25, 0.3) is 11.2 Å². The maximum absolute atomic E-state index is 10.8. The number of anilines is 1. The fraction of sp³-hybridized carbons (Fsp3) is 0.450. The number of hydrogen-bond acceptors (Lipinski definition) is 9. The molecule has 10 nitrogen and oxygen atoms in total. The average molecular weight is 415 g/mol. The lowest BCUT2D eigenvalue weighted by atomic mass is 10.0. The van der Waals surface area contributed by atoms with Crippen LogP contribution in [-0.4, -0.2) is 78.0 Å². The SMILES string of the molecule is CC(C(O)c1ccccc1)N(C)c1ncnc2c1ncn2[C@@H]1O[C@H](CO)[C@@H](O)[C@H]1O. The Morgan fingerprint density at radius 3 is 2.53 bits per heavy atom. The minimum atomic E-state index is -1.24. The quantitative estimate of drug-likeness (QED) is 0.438. The van der Waals surface area contributed by atoms with E-state index in [0.29, 0.717) is 17.0 Å². The molecule has 0 aliphatic carbocycles. The first kappa shape index (κ1) is 20.6. The van der Waals surface area contributed by atoms with E-state index in [1.165, 1.54) is 17.2 Å². The van der Waals surface area contributed by atoms with Crippen LogP contribution in [0.2, 0.25) is 0 Å². The number of hydrogen-bond donors (Lipinski definition) is 4. The Morgan fingerprint density at radius 1 is 1.13 bits per heavy atom. The van der Waals surface area contributed by atoms with Gasteiger partial charge in [0.1, 0.15) is 24.6 Å². The van der Waals surface area contributed by atoms with Crippen LogP contribution >= 0.6 is 0 Å². The minimum Gasteiger partial charge on any atom is -0.394 e. The summed E-state index contributed by atoms with van der Waals surface area (Å²) in [6.07, 6.45) is -2.22. The molecule has 6 atom stereocenters. The number of benzene rings is 1. The molecule has 2 unspecified atom stereocenters. The first-order chi connectivity index (χ1) is 14.4. The highest BCUT2D eigenvalue weighted by Gasteiger charge is 2.44. The molecule has 0 amide bonds. The monoisotopic (exact) mass is 415 g/mol. The molecule has 1 aliphatic rings. The van der Waals surface area contributed by atoms with E-state index in [4.69, 9.17) is 4.74 Å². The summed E-state index contributed by atoms with van der Waals surface area (Å²) in [6.45, 7) is 1.47. The van der Waals surface area contributed by atoms with Crippen molar-refractivity contribution in [1.29, 1.82) is 0 Å². The van der Waals surface area contributed by atoms with Gasteiger partial charge in [-0.05, 0) is 12.5 Å². The zero-order valence-electron chi connectivity index (χ0n) is 16.6. The van der Waals surface area contributed by atoms with Crippen molar-refractivity contribution < 1.29 is 25.2 Å². The van der Waals surface area contributed by atoms with Crippen LogP contribution in [0.3, 0.4) is 0 Å². The van der Waals surface area contributed by atoms with Crippen molar-refractivity contribution in [3.05, 3.63) is 48.5 Å². The largest absolute Gasteiger partial charge is 0.394 e. The summed E-state index contributed by atoms with van der Waals surface area (Å²) in [5.74, 6) is 0.507. The van der Waals surface area contributed by atoms with Gasteiger partial charge in [0.2, 0.25) is 0 Å². The van der Waals surface area contributed by atoms with Crippen LogP contribution in [0, 0.1) is 0 Å². The van der Waals surface area contributed by atoms with Crippen LogP contribution in [0.4, 0.5) is 5.82 Å². The molecule has 0 radical (unpaired) electrons. The number of fused-ring (bicyclic) bond motifs is 1. The lowest BCUT2D eigenvalue weighted by Crippen LogP contribution is -2.35. The average Bonchev–Trinajstić information content (AvgIpc) is 3.33. The van der Waals surface area contributed by atoms with Crippen molar-refractivity contribution in [3.63, 3.8) is 0 Å². The first-order valence-corrected chi connectivity index (χ1v) is 9.69. The van der Waals surface area contributed by atoms with Crippen LogP contribution < -0.4 is 4.90 Å². The fourth-order valence-corrected chi connectivity index (χ4v) is 3.73. The van der Waals surface area contributed by atoms with Gasteiger partial charge in [-0.3, -0.25) is 4.57 Å². The highest BCUT2D eigenvalue weighted by Crippen LogP contribution is 2.33. The number of aliphatic hydroxyl groups is 4. The predicted octanol–water partition coefficient (Wildman–Crippen LogP) is -0.00390. The molecule has 1 fully saturated rings. The molecule has 10 heteroatoms. The zero-order chi connectivity index (χ0) is 21.4. The molecule has 3 heterocycles. The van der Waals surface area contributed by atoms with Crippen LogP contribution in [-0.2, 0) is 4.74 Å². The molecule has 4 N–H and O–H groups in total. The molecule has 0 bridgehead atoms. The highest BCUT2D eigenvalue weighted by molar-refractivity contribution is 5.83. The van der Waals surface area contributed by atoms with E-state index >= 15 is 0 Å². The maximum atomic E-state index is 10.8. The number of ether oxygens (including phenoxy) is 1. The smallest absolute Gasteiger partial charge is 0.167 e. The molecule has 3 aromatic rings. The number of nitrogens with zero attached hydrogens (tertiary/aromatic N) is 5. The van der Waals surface area contributed by atoms with Crippen molar-refractivity contribution in [1.82, 2.24) is 19.5 Å². The van der Waals surface area contributed by atoms with Gasteiger partial charge in [0, 0.05) is 7.05 Å². The third-order valence-electron chi connectivity index (χ3n) is 5.67. The van der Waals surface area contributed by atoms with E-state index in [0.717, 1.165) is 5.56 Å². The van der Waals surface area contributed by atoms with Crippen molar-refractivity contribution in [2.24, 2.45) is 0 Å². The maximum Gasteiger partial charge on any atom is 0.167 e. The number of aliphatic hydroxyl groups excluding tert-OH is 4. The summed E-state index contributed by atoms with van der Waals surface area (Å²) < 4.78 is 7.10. The lowest BCUT2D eigenvalue weighted by Gasteiger charge is -2.30. The Bertz CT molecular complexity index is 1000. The molecule has 1 saturated heterocycles. The van der Waals surface area contributed by atoms with Gasteiger partial charge < -0.3 is 30.1 Å². The van der Waals surface area contributed by atoms with Crippen LogP contribution in [0.5, 0.6) is 0 Å². The third-order valence-corrected chi connectivity index (χ3v) is 5.67. The Morgan fingerprint density at radius 2 is 1.87 bits per heavy atom. The summed E-state index contributed by atoms with van der Waals surface area (Å²) in [6, 6.07) is 9.04. The second kappa shape index (κ2) is 8.25. The number of rotatable bonds is 6. The molecular weight excluding hydrogens is 390 g/mol. The van der Waals surface area contributed by atoms with Crippen molar-refractivity contribution in [3.8, 4) is 0 Å². The van der Waals surface area contributed by atoms with Gasteiger partial charge in [0.15, 0.2) is 23.2 Å². The van der Waals surface area contributed by atoms with E-state index in [2.05, 4.69) is 15.0 Å². The summed E-state index contributed by atoms with van der Waals surface area (Å²) in [5.41, 5.74) is 1.66. The van der Waals surface area contributed by atoms with E-state index in [1.807, 2.05) is 49.2 Å². The van der Waals surface area contributed by atoms with Gasteiger partial charge in [-0.25, -0.2) is 15.0 Å². The minimum absolute atomic E-state index is 0.315. The number of imidazole rings is 1. The van der Waals surface area contributed by atoms with Crippen LogP contribution in [0.15, 0.2) is 43.0 Å². The van der Waals surface area contributed by atoms with Gasteiger partial charge in [-0.1, -0.05) is 30.3 Å². The highest BCUT2D eigenvalue weighted by atomic mass is 16.6. The molecule has 1 aliphatic heterocycles. The van der Waals surface area contributed by atoms with Crippen molar-refractivity contribution in [2.45, 2.75) is 43.6 Å². The molecule has 160 valence electrons. The normalized spacial score (nSPS) is 26.1. The molecule has 30 heavy (non-hydrogen) atoms. The first-order valence-electron chi connectivity index (χ1n) is 9.69. The predicted molar refractivity (Wildman–Crippen MR) is 108 cm³/mol. The summed E-state index contributed by atoms with van der Waals surface area (Å²) in [7, 11) is 1.81. The van der Waals surface area contributed by atoms with E-state index in [-0.39, 0.29) is 6.04 Å². The molecule has 0 saturated carbocycles. The second-order valence-electron chi connectivity index (χ2n) is 7.46. The molecule has 1 aromatic carbocycles. The van der Waals surface area contributed by atoms with E-state index in [1.54, 1.807) is 0 Å². The Balaban J connectivity index is 1.65. The standard InChI is InChI=1S/C20H25N5O5/c1-11(15(27)12-6-4-3-5-7-12)24(2)18-14-19(22-9-21-18)25(10-23-14)20-17(29)16(28)13(8-26)30-20/h3-7,9-11,13,15-17,20,26-29H,8H2,1-2H3/t11?,13-,15?,16-,17-,20-/m1/s1. The Labute approximate surface area is 173 Å².